The number of ether oxygens (including phenoxy) is 3. The summed E-state index contributed by atoms with van der Waals surface area (Å²) in [7, 11) is 0. The zero-order chi connectivity index (χ0) is 14.8. The first-order valence-corrected chi connectivity index (χ1v) is 15.2. The zero-order valence-electron chi connectivity index (χ0n) is 11.6. The first kappa shape index (κ1) is 33.4. The van der Waals surface area contributed by atoms with Gasteiger partial charge in [-0.1, -0.05) is 0 Å². The van der Waals surface area contributed by atoms with Gasteiger partial charge >= 0.3 is 65.3 Å². The Hall–Kier alpha value is 6.78. The Kier molecular flexibility index (Phi) is 25.0. The van der Waals surface area contributed by atoms with E-state index in [9.17, 15) is 15.3 Å². The normalized spacial score (nSPS) is 40.4. The van der Waals surface area contributed by atoms with Crippen molar-refractivity contribution >= 4 is 61.2 Å². The molecule has 3 radical (unpaired) electrons. The van der Waals surface area contributed by atoms with Crippen LogP contribution < -0.4 is 0 Å². The first-order valence-electron chi connectivity index (χ1n) is 5.14. The van der Waals surface area contributed by atoms with Gasteiger partial charge in [0.2, 0.25) is 0 Å². The summed E-state index contributed by atoms with van der Waals surface area (Å²) in [4.78, 5) is 0. The molecule has 2 aliphatic heterocycles. The molecule has 2 saturated heterocycles. The van der Waals surface area contributed by atoms with Crippen molar-refractivity contribution < 1.29 is 166 Å². The number of rotatable bonds is 0. The number of halogens is 3. The summed E-state index contributed by atoms with van der Waals surface area (Å²) in [6, 6.07) is 0. The van der Waals surface area contributed by atoms with E-state index in [1.54, 1.807) is 6.92 Å². The van der Waals surface area contributed by atoms with Gasteiger partial charge in [0.15, 0.2) is 6.29 Å². The summed E-state index contributed by atoms with van der Waals surface area (Å²) >= 11 is 7.14. The van der Waals surface area contributed by atoms with E-state index >= 15 is 0 Å². The Morgan fingerprint density at radius 1 is 1.09 bits per heavy atom. The number of fused-ring (bicyclic) bond motifs is 1. The van der Waals surface area contributed by atoms with Crippen LogP contribution >= 0.6 is 61.2 Å². The minimum absolute atomic E-state index is 0. The van der Waals surface area contributed by atoms with Gasteiger partial charge in [0.1, 0.15) is 23.9 Å². The molecule has 0 aromatic heterocycles. The van der Waals surface area contributed by atoms with Crippen molar-refractivity contribution in [2.24, 2.45) is 0 Å². The molecular formula is C9H15Ac3CoI3O6-. The average molecular weight is 1340 g/mol. The summed E-state index contributed by atoms with van der Waals surface area (Å²) in [5, 5.41) is 28.5. The van der Waals surface area contributed by atoms with Crippen LogP contribution in [0.4, 0.5) is 0 Å². The van der Waals surface area contributed by atoms with E-state index in [1.807, 2.05) is 0 Å². The Bertz CT molecular complexity index is 309. The van der Waals surface area contributed by atoms with E-state index < -0.39 is 36.5 Å². The number of aliphatic hydroxyl groups is 3. The summed E-state index contributed by atoms with van der Waals surface area (Å²) in [6.07, 6.45) is -5.49. The standard InChI is InChI=1S/C9H15O6.3Ac.Co.3HI/c1-4-13-3-9(2)7(14-4)5(10)6(11)8(12)15-9;;;;;;;/h4-8,10-12H,1,3H2,2H3;;;;;3*1H/q-1;;;;+3;;;/p-3. The van der Waals surface area contributed by atoms with Gasteiger partial charge in [0.25, 0.3) is 0 Å². The van der Waals surface area contributed by atoms with E-state index in [4.69, 9.17) is 14.2 Å². The molecule has 3 N–H and O–H groups in total. The second kappa shape index (κ2) is 16.5. The first-order chi connectivity index (χ1) is 8.67. The third-order valence-electron chi connectivity index (χ3n) is 2.80. The SMILES string of the molecule is [Ac].[Ac].[Ac].[CH2-]C1OCC2(C)OC(O)C(O)C(O)C2O1.[I][Co]([I])[I]. The van der Waals surface area contributed by atoms with Gasteiger partial charge in [0, 0.05) is 138 Å². The fraction of sp³-hybridized carbons (Fsp3) is 0.889. The molecule has 6 atom stereocenters. The van der Waals surface area contributed by atoms with Gasteiger partial charge in [0.05, 0.1) is 6.61 Å². The zero-order valence-corrected chi connectivity index (χ0v) is 33.3. The predicted octanol–water partition coefficient (Wildman–Crippen LogP) is 1.05. The molecule has 0 spiro atoms. The Morgan fingerprint density at radius 2 is 1.55 bits per heavy atom. The van der Waals surface area contributed by atoms with Crippen LogP contribution in [0, 0.1) is 139 Å². The quantitative estimate of drug-likeness (QED) is 0.249. The predicted molar refractivity (Wildman–Crippen MR) is 89.5 cm³/mol. The van der Waals surface area contributed by atoms with Gasteiger partial charge in [-0.15, -0.1) is 0 Å². The topological polar surface area (TPSA) is 88.4 Å². The fourth-order valence-corrected chi connectivity index (χ4v) is 1.92. The van der Waals surface area contributed by atoms with Crippen LogP contribution in [0.1, 0.15) is 6.92 Å². The third kappa shape index (κ3) is 11.2. The van der Waals surface area contributed by atoms with Gasteiger partial charge < -0.3 is 29.5 Å². The maximum absolute atomic E-state index is 9.73. The van der Waals surface area contributed by atoms with Gasteiger partial charge in [-0.2, -0.15) is 0 Å². The van der Waals surface area contributed by atoms with Crippen LogP contribution in [0.2, 0.25) is 0 Å². The molecule has 6 nitrogen and oxygen atoms in total. The molecule has 0 aliphatic carbocycles. The third-order valence-corrected chi connectivity index (χ3v) is 2.80. The summed E-state index contributed by atoms with van der Waals surface area (Å²) in [5.41, 5.74) is -0.966. The van der Waals surface area contributed by atoms with Crippen molar-refractivity contribution in [2.75, 3.05) is 6.61 Å². The van der Waals surface area contributed by atoms with Gasteiger partial charge in [-0.05, 0) is 6.92 Å². The van der Waals surface area contributed by atoms with Crippen molar-refractivity contribution in [2.45, 2.75) is 43.4 Å². The molecule has 2 aliphatic rings. The van der Waals surface area contributed by atoms with Crippen LogP contribution in [0.15, 0.2) is 0 Å². The van der Waals surface area contributed by atoms with Crippen LogP contribution in [-0.2, 0) is 18.2 Å². The number of aliphatic hydroxyl groups excluding tert-OH is 3. The molecule has 127 valence electrons. The van der Waals surface area contributed by atoms with E-state index in [0.717, 1.165) is 0 Å². The maximum atomic E-state index is 9.73. The molecule has 0 aromatic carbocycles. The molecule has 22 heavy (non-hydrogen) atoms. The van der Waals surface area contributed by atoms with Crippen molar-refractivity contribution in [1.29, 1.82) is 0 Å². The van der Waals surface area contributed by atoms with E-state index in [0.29, 0.717) is 4.00 Å². The van der Waals surface area contributed by atoms with Crippen LogP contribution in [0.25, 0.3) is 0 Å². The average Bonchev–Trinajstić information content (AvgIpc) is 2.28. The van der Waals surface area contributed by atoms with Crippen LogP contribution in [-0.4, -0.2) is 58.4 Å². The van der Waals surface area contributed by atoms with Crippen molar-refractivity contribution in [3.63, 3.8) is 0 Å². The molecular weight excluding hydrogens is 1320 g/mol. The molecule has 13 heteroatoms. The number of hydrogen-bond acceptors (Lipinski definition) is 6. The summed E-state index contributed by atoms with van der Waals surface area (Å²) in [6.45, 7) is 5.33. The molecule has 0 bridgehead atoms. The molecule has 6 unspecified atom stereocenters. The Balaban J connectivity index is -0.000000466. The van der Waals surface area contributed by atoms with Crippen LogP contribution in [0.5, 0.6) is 0 Å². The molecule has 2 fully saturated rings. The second-order valence-corrected chi connectivity index (χ2v) is 30.6. The molecule has 0 aromatic rings. The number of hydrogen-bond donors (Lipinski definition) is 3. The molecule has 2 heterocycles. The molecule has 2 rings (SSSR count). The van der Waals surface area contributed by atoms with E-state index in [1.165, 1.54) is 0 Å². The Labute approximate surface area is 276 Å². The van der Waals surface area contributed by atoms with Crippen molar-refractivity contribution in [1.82, 2.24) is 0 Å². The summed E-state index contributed by atoms with van der Waals surface area (Å²) < 4.78 is 15.8. The minimum atomic E-state index is -1.44. The summed E-state index contributed by atoms with van der Waals surface area (Å²) in [5.74, 6) is 0. The fourth-order valence-electron chi connectivity index (χ4n) is 1.92. The second-order valence-electron chi connectivity index (χ2n) is 4.24. The van der Waals surface area contributed by atoms with Gasteiger partial charge in [-0.3, -0.25) is 6.92 Å². The van der Waals surface area contributed by atoms with Gasteiger partial charge in [-0.25, -0.2) is 0 Å². The van der Waals surface area contributed by atoms with E-state index in [2.05, 4.69) is 68.2 Å². The Morgan fingerprint density at radius 3 is 2.00 bits per heavy atom. The monoisotopic (exact) mass is 1340 g/mol. The van der Waals surface area contributed by atoms with Crippen LogP contribution in [0.3, 0.4) is 0 Å². The molecule has 0 amide bonds. The van der Waals surface area contributed by atoms with Crippen molar-refractivity contribution in [3.8, 4) is 0 Å². The molecule has 0 saturated carbocycles. The van der Waals surface area contributed by atoms with E-state index in [-0.39, 0.29) is 139 Å². The van der Waals surface area contributed by atoms with Crippen molar-refractivity contribution in [3.05, 3.63) is 6.92 Å².